The van der Waals surface area contributed by atoms with Crippen LogP contribution < -0.4 is 11.2 Å². The summed E-state index contributed by atoms with van der Waals surface area (Å²) in [5, 5.41) is 29.0. The molecule has 1 aromatic carbocycles. The van der Waals surface area contributed by atoms with Crippen molar-refractivity contribution in [2.45, 2.75) is 24.5 Å². The van der Waals surface area contributed by atoms with E-state index in [1.165, 1.54) is 12.1 Å². The number of aliphatic hydroxyl groups is 3. The summed E-state index contributed by atoms with van der Waals surface area (Å²) in [5.41, 5.74) is -1.85. The zero-order valence-electron chi connectivity index (χ0n) is 12.9. The number of aromatic nitrogens is 2. The number of hydrogen-bond acceptors (Lipinski definition) is 7. The minimum absolute atomic E-state index is 0.249. The highest BCUT2D eigenvalue weighted by Crippen LogP contribution is 2.28. The summed E-state index contributed by atoms with van der Waals surface area (Å²) in [6.07, 6.45) is -4.38. The largest absolute Gasteiger partial charge is 0.394 e. The fraction of sp³-hybridized carbons (Fsp3) is 0.312. The summed E-state index contributed by atoms with van der Waals surface area (Å²) in [4.78, 5) is 38.5. The van der Waals surface area contributed by atoms with Gasteiger partial charge in [0.05, 0.1) is 6.61 Å². The molecule has 2 aromatic rings. The summed E-state index contributed by atoms with van der Waals surface area (Å²) >= 11 is 0. The second-order valence-corrected chi connectivity index (χ2v) is 5.63. The van der Waals surface area contributed by atoms with Gasteiger partial charge in [-0.2, -0.15) is 0 Å². The zero-order chi connectivity index (χ0) is 18.1. The standard InChI is InChI=1S/C16H16N2O7/c19-7-10-12(21)13(22)15(25-10)18-6-9(14(23)17-16(18)24)11(20)8-4-2-1-3-5-8/h1-6,10,12-13,15,19,21-22H,7H2,(H,17,23,24)/t10-,12-,13-,15-/m1/s1. The number of rotatable bonds is 4. The normalized spacial score (nSPS) is 25.9. The fourth-order valence-corrected chi connectivity index (χ4v) is 2.69. The van der Waals surface area contributed by atoms with Gasteiger partial charge in [0, 0.05) is 11.8 Å². The van der Waals surface area contributed by atoms with Gasteiger partial charge in [-0.05, 0) is 0 Å². The van der Waals surface area contributed by atoms with Gasteiger partial charge in [0.25, 0.3) is 5.56 Å². The maximum Gasteiger partial charge on any atom is 0.330 e. The Bertz CT molecular complexity index is 889. The van der Waals surface area contributed by atoms with Gasteiger partial charge in [0.15, 0.2) is 12.0 Å². The van der Waals surface area contributed by atoms with Crippen LogP contribution in [0.2, 0.25) is 0 Å². The van der Waals surface area contributed by atoms with Gasteiger partial charge in [-0.1, -0.05) is 30.3 Å². The SMILES string of the molecule is O=C(c1ccccc1)c1cn([C@@H]2O[C@H](CO)[C@@H](O)[C@H]2O)c(=O)[nH]c1=O. The Morgan fingerprint density at radius 2 is 1.84 bits per heavy atom. The van der Waals surface area contributed by atoms with Crippen molar-refractivity contribution in [1.82, 2.24) is 9.55 Å². The number of aliphatic hydroxyl groups excluding tert-OH is 3. The molecule has 3 rings (SSSR count). The molecule has 1 saturated heterocycles. The molecule has 0 bridgehead atoms. The molecular formula is C16H16N2O7. The van der Waals surface area contributed by atoms with Crippen molar-refractivity contribution in [2.24, 2.45) is 0 Å². The molecule has 0 amide bonds. The van der Waals surface area contributed by atoms with E-state index in [0.717, 1.165) is 10.8 Å². The van der Waals surface area contributed by atoms with Crippen molar-refractivity contribution < 1.29 is 24.9 Å². The van der Waals surface area contributed by atoms with Crippen molar-refractivity contribution in [2.75, 3.05) is 6.61 Å². The van der Waals surface area contributed by atoms with Crippen molar-refractivity contribution in [1.29, 1.82) is 0 Å². The van der Waals surface area contributed by atoms with Gasteiger partial charge in [0.2, 0.25) is 0 Å². The van der Waals surface area contributed by atoms with E-state index in [9.17, 15) is 24.6 Å². The van der Waals surface area contributed by atoms with Crippen LogP contribution in [0.15, 0.2) is 46.1 Å². The Balaban J connectivity index is 2.04. The van der Waals surface area contributed by atoms with Crippen molar-refractivity contribution in [3.8, 4) is 0 Å². The molecule has 0 radical (unpaired) electrons. The monoisotopic (exact) mass is 348 g/mol. The van der Waals surface area contributed by atoms with Crippen LogP contribution in [0.5, 0.6) is 0 Å². The van der Waals surface area contributed by atoms with Crippen molar-refractivity contribution >= 4 is 5.78 Å². The molecule has 9 heteroatoms. The lowest BCUT2D eigenvalue weighted by Crippen LogP contribution is -2.39. The van der Waals surface area contributed by atoms with Crippen LogP contribution in [-0.2, 0) is 4.74 Å². The van der Waals surface area contributed by atoms with Crippen LogP contribution in [-0.4, -0.2) is 55.6 Å². The molecule has 0 unspecified atom stereocenters. The van der Waals surface area contributed by atoms with Gasteiger partial charge in [-0.15, -0.1) is 0 Å². The van der Waals surface area contributed by atoms with Gasteiger partial charge < -0.3 is 20.1 Å². The number of hydrogen-bond donors (Lipinski definition) is 4. The summed E-state index contributed by atoms with van der Waals surface area (Å²) < 4.78 is 6.08. The van der Waals surface area contributed by atoms with E-state index in [0.29, 0.717) is 0 Å². The number of carbonyl (C=O) groups is 1. The van der Waals surface area contributed by atoms with Crippen LogP contribution >= 0.6 is 0 Å². The maximum absolute atomic E-state index is 12.5. The lowest BCUT2D eigenvalue weighted by molar-refractivity contribution is -0.0550. The van der Waals surface area contributed by atoms with E-state index in [4.69, 9.17) is 9.84 Å². The lowest BCUT2D eigenvalue weighted by Gasteiger charge is -2.17. The van der Waals surface area contributed by atoms with Crippen LogP contribution in [0.1, 0.15) is 22.1 Å². The molecule has 1 aliphatic rings. The van der Waals surface area contributed by atoms with E-state index >= 15 is 0 Å². The molecule has 4 atom stereocenters. The van der Waals surface area contributed by atoms with E-state index < -0.39 is 48.2 Å². The lowest BCUT2D eigenvalue weighted by atomic mass is 10.1. The molecule has 9 nitrogen and oxygen atoms in total. The van der Waals surface area contributed by atoms with E-state index in [1.807, 2.05) is 4.98 Å². The van der Waals surface area contributed by atoms with Crippen LogP contribution in [0.4, 0.5) is 0 Å². The highest BCUT2D eigenvalue weighted by Gasteiger charge is 2.44. The average molecular weight is 348 g/mol. The molecular weight excluding hydrogens is 332 g/mol. The second-order valence-electron chi connectivity index (χ2n) is 5.63. The van der Waals surface area contributed by atoms with Gasteiger partial charge in [0.1, 0.15) is 23.9 Å². The minimum Gasteiger partial charge on any atom is -0.394 e. The molecule has 4 N–H and O–H groups in total. The molecule has 25 heavy (non-hydrogen) atoms. The van der Waals surface area contributed by atoms with Crippen LogP contribution in [0.3, 0.4) is 0 Å². The van der Waals surface area contributed by atoms with E-state index in [1.54, 1.807) is 18.2 Å². The Morgan fingerprint density at radius 3 is 2.44 bits per heavy atom. The number of H-pyrrole nitrogens is 1. The Morgan fingerprint density at radius 1 is 1.16 bits per heavy atom. The number of aromatic amines is 1. The third-order valence-corrected chi connectivity index (χ3v) is 4.04. The summed E-state index contributed by atoms with van der Waals surface area (Å²) in [7, 11) is 0. The van der Waals surface area contributed by atoms with Crippen LogP contribution in [0.25, 0.3) is 0 Å². The number of benzene rings is 1. The van der Waals surface area contributed by atoms with Crippen molar-refractivity contribution in [3.05, 3.63) is 68.5 Å². The molecule has 132 valence electrons. The second kappa shape index (κ2) is 6.73. The third-order valence-electron chi connectivity index (χ3n) is 4.04. The fourth-order valence-electron chi connectivity index (χ4n) is 2.69. The topological polar surface area (TPSA) is 142 Å². The number of ketones is 1. The van der Waals surface area contributed by atoms with E-state index in [-0.39, 0.29) is 11.1 Å². The van der Waals surface area contributed by atoms with Gasteiger partial charge in [-0.25, -0.2) is 4.79 Å². The molecule has 1 fully saturated rings. The number of carbonyl (C=O) groups excluding carboxylic acids is 1. The number of ether oxygens (including phenoxy) is 1. The molecule has 0 saturated carbocycles. The zero-order valence-corrected chi connectivity index (χ0v) is 12.9. The number of nitrogens with one attached hydrogen (secondary N) is 1. The molecule has 1 aliphatic heterocycles. The first-order valence-electron chi connectivity index (χ1n) is 7.51. The van der Waals surface area contributed by atoms with E-state index in [2.05, 4.69) is 0 Å². The molecule has 1 aromatic heterocycles. The Hall–Kier alpha value is -2.59. The van der Waals surface area contributed by atoms with Gasteiger partial charge >= 0.3 is 5.69 Å². The molecule has 2 heterocycles. The quantitative estimate of drug-likeness (QED) is 0.486. The Kier molecular flexibility index (Phi) is 4.64. The highest BCUT2D eigenvalue weighted by atomic mass is 16.6. The first-order valence-corrected chi connectivity index (χ1v) is 7.51. The third kappa shape index (κ3) is 3.05. The summed E-state index contributed by atoms with van der Waals surface area (Å²) in [6, 6.07) is 8.00. The molecule has 0 aliphatic carbocycles. The first kappa shape index (κ1) is 17.2. The van der Waals surface area contributed by atoms with Crippen molar-refractivity contribution in [3.63, 3.8) is 0 Å². The highest BCUT2D eigenvalue weighted by molar-refractivity contribution is 6.08. The van der Waals surface area contributed by atoms with Gasteiger partial charge in [-0.3, -0.25) is 19.1 Å². The minimum atomic E-state index is -1.51. The number of nitrogens with zero attached hydrogens (tertiary/aromatic N) is 1. The smallest absolute Gasteiger partial charge is 0.330 e. The average Bonchev–Trinajstić information content (AvgIpc) is 2.90. The summed E-state index contributed by atoms with van der Waals surface area (Å²) in [6.45, 7) is -0.567. The predicted octanol–water partition coefficient (Wildman–Crippen LogP) is -1.62. The maximum atomic E-state index is 12.5. The van der Waals surface area contributed by atoms with Crippen LogP contribution in [0, 0.1) is 0 Å². The summed E-state index contributed by atoms with van der Waals surface area (Å²) in [5.74, 6) is -0.609. The Labute approximate surface area is 140 Å². The first-order chi connectivity index (χ1) is 11.9. The predicted molar refractivity (Wildman–Crippen MR) is 84.2 cm³/mol. The molecule has 0 spiro atoms.